The van der Waals surface area contributed by atoms with Gasteiger partial charge in [0.1, 0.15) is 12.4 Å². The lowest BCUT2D eigenvalue weighted by atomic mass is 10.1. The zero-order chi connectivity index (χ0) is 19.6. The van der Waals surface area contributed by atoms with Crippen molar-refractivity contribution in [2.75, 3.05) is 29.1 Å². The van der Waals surface area contributed by atoms with Crippen molar-refractivity contribution >= 4 is 28.9 Å². The molecule has 2 aromatic carbocycles. The van der Waals surface area contributed by atoms with Gasteiger partial charge >= 0.3 is 0 Å². The number of carbonyl (C=O) groups excluding carboxylic acids is 2. The van der Waals surface area contributed by atoms with Gasteiger partial charge in [0, 0.05) is 29.5 Å². The molecule has 27 heavy (non-hydrogen) atoms. The first-order valence-electron chi connectivity index (χ1n) is 8.79. The molecule has 0 heterocycles. The summed E-state index contributed by atoms with van der Waals surface area (Å²) in [6.07, 6.45) is 2.07. The summed E-state index contributed by atoms with van der Waals surface area (Å²) in [4.78, 5) is 23.8. The van der Waals surface area contributed by atoms with Crippen molar-refractivity contribution in [1.82, 2.24) is 0 Å². The average molecular weight is 367 g/mol. The second-order valence-electron chi connectivity index (χ2n) is 5.96. The van der Waals surface area contributed by atoms with E-state index in [1.807, 2.05) is 37.3 Å². The highest BCUT2D eigenvalue weighted by Crippen LogP contribution is 2.21. The smallest absolute Gasteiger partial charge is 0.243 e. The number of hydrogen-bond donors (Lipinski definition) is 3. The number of anilines is 3. The van der Waals surface area contributed by atoms with Crippen LogP contribution in [-0.2, 0) is 9.59 Å². The number of hydrogen-bond acceptors (Lipinski definition) is 4. The van der Waals surface area contributed by atoms with Crippen LogP contribution in [0.3, 0.4) is 0 Å². The first-order chi connectivity index (χ1) is 13.0. The summed E-state index contributed by atoms with van der Waals surface area (Å²) < 4.78 is 5.45. The molecular weight excluding hydrogens is 342 g/mol. The molecular formula is C21H25N3O3. The molecule has 2 aromatic rings. The summed E-state index contributed by atoms with van der Waals surface area (Å²) in [6.45, 7) is 7.83. The highest BCUT2D eigenvalue weighted by molar-refractivity contribution is 5.94. The Morgan fingerprint density at radius 1 is 1.07 bits per heavy atom. The summed E-state index contributed by atoms with van der Waals surface area (Å²) >= 11 is 0. The van der Waals surface area contributed by atoms with Gasteiger partial charge < -0.3 is 20.7 Å². The minimum absolute atomic E-state index is 0.0495. The largest absolute Gasteiger partial charge is 0.489 e. The van der Waals surface area contributed by atoms with Crippen molar-refractivity contribution in [3.05, 3.63) is 60.7 Å². The van der Waals surface area contributed by atoms with E-state index in [1.54, 1.807) is 25.1 Å². The van der Waals surface area contributed by atoms with Crippen molar-refractivity contribution in [2.45, 2.75) is 20.3 Å². The maximum atomic E-state index is 12.2. The normalized spacial score (nSPS) is 10.0. The van der Waals surface area contributed by atoms with Gasteiger partial charge in [0.2, 0.25) is 11.8 Å². The molecule has 0 fully saturated rings. The molecule has 3 N–H and O–H groups in total. The Balaban J connectivity index is 1.92. The van der Waals surface area contributed by atoms with Crippen LogP contribution in [-0.4, -0.2) is 25.0 Å². The van der Waals surface area contributed by atoms with Gasteiger partial charge in [-0.3, -0.25) is 9.59 Å². The first kappa shape index (κ1) is 20.0. The minimum atomic E-state index is -0.185. The van der Waals surface area contributed by atoms with E-state index in [-0.39, 0.29) is 18.4 Å². The standard InChI is InChI=1S/C21H25N3O3/c1-4-11-27-18-8-6-7-17(12-18)23-21(26)14-22-16-10-9-15(3)19(13-16)24-20(25)5-2/h4,6-10,12-13,22H,1,5,11,14H2,2-3H3,(H,23,26)(H,24,25). The van der Waals surface area contributed by atoms with E-state index in [4.69, 9.17) is 4.74 Å². The molecule has 0 saturated carbocycles. The van der Waals surface area contributed by atoms with Gasteiger partial charge in [0.05, 0.1) is 6.54 Å². The molecule has 0 atom stereocenters. The van der Waals surface area contributed by atoms with Gasteiger partial charge in [0.15, 0.2) is 0 Å². The van der Waals surface area contributed by atoms with Crippen LogP contribution in [0.25, 0.3) is 0 Å². The Bertz CT molecular complexity index is 818. The maximum absolute atomic E-state index is 12.2. The number of nitrogens with one attached hydrogen (secondary N) is 3. The summed E-state index contributed by atoms with van der Waals surface area (Å²) in [7, 11) is 0. The van der Waals surface area contributed by atoms with Crippen LogP contribution in [0.5, 0.6) is 5.75 Å². The molecule has 0 aliphatic heterocycles. The topological polar surface area (TPSA) is 79.5 Å². The second kappa shape index (κ2) is 10.0. The number of carbonyl (C=O) groups is 2. The number of benzene rings is 2. The Hall–Kier alpha value is -3.28. The molecule has 2 rings (SSSR count). The molecule has 0 aliphatic rings. The van der Waals surface area contributed by atoms with E-state index in [0.717, 1.165) is 16.9 Å². The van der Waals surface area contributed by atoms with Crippen molar-refractivity contribution in [3.63, 3.8) is 0 Å². The Kier molecular flexibility index (Phi) is 7.43. The number of rotatable bonds is 9. The summed E-state index contributed by atoms with van der Waals surface area (Å²) in [5.74, 6) is 0.428. The predicted molar refractivity (Wildman–Crippen MR) is 109 cm³/mol. The first-order valence-corrected chi connectivity index (χ1v) is 8.79. The Morgan fingerprint density at radius 2 is 1.89 bits per heavy atom. The van der Waals surface area contributed by atoms with Crippen LogP contribution >= 0.6 is 0 Å². The van der Waals surface area contributed by atoms with Crippen LogP contribution in [0, 0.1) is 6.92 Å². The fourth-order valence-electron chi connectivity index (χ4n) is 2.31. The Labute approximate surface area is 159 Å². The zero-order valence-corrected chi connectivity index (χ0v) is 15.7. The predicted octanol–water partition coefficient (Wildman–Crippen LogP) is 3.96. The highest BCUT2D eigenvalue weighted by atomic mass is 16.5. The van der Waals surface area contributed by atoms with Crippen molar-refractivity contribution in [2.24, 2.45) is 0 Å². The van der Waals surface area contributed by atoms with E-state index >= 15 is 0 Å². The lowest BCUT2D eigenvalue weighted by Gasteiger charge is -2.12. The van der Waals surface area contributed by atoms with Gasteiger partial charge in [-0.2, -0.15) is 0 Å². The van der Waals surface area contributed by atoms with Gasteiger partial charge in [-0.05, 0) is 36.8 Å². The summed E-state index contributed by atoms with van der Waals surface area (Å²) in [6, 6.07) is 12.8. The number of aryl methyl sites for hydroxylation is 1. The van der Waals surface area contributed by atoms with E-state index < -0.39 is 0 Å². The lowest BCUT2D eigenvalue weighted by Crippen LogP contribution is -2.22. The molecule has 0 bridgehead atoms. The van der Waals surface area contributed by atoms with E-state index in [2.05, 4.69) is 22.5 Å². The number of ether oxygens (including phenoxy) is 1. The molecule has 2 amide bonds. The molecule has 0 aromatic heterocycles. The fraction of sp³-hybridized carbons (Fsp3) is 0.238. The zero-order valence-electron chi connectivity index (χ0n) is 15.7. The van der Waals surface area contributed by atoms with Crippen molar-refractivity contribution < 1.29 is 14.3 Å². The molecule has 142 valence electrons. The monoisotopic (exact) mass is 367 g/mol. The van der Waals surface area contributed by atoms with Gasteiger partial charge in [-0.25, -0.2) is 0 Å². The third kappa shape index (κ3) is 6.51. The molecule has 6 heteroatoms. The summed E-state index contributed by atoms with van der Waals surface area (Å²) in [5, 5.41) is 8.73. The lowest BCUT2D eigenvalue weighted by molar-refractivity contribution is -0.116. The van der Waals surface area contributed by atoms with Crippen LogP contribution in [0.1, 0.15) is 18.9 Å². The van der Waals surface area contributed by atoms with Gasteiger partial charge in [-0.1, -0.05) is 31.7 Å². The van der Waals surface area contributed by atoms with Crippen LogP contribution in [0.15, 0.2) is 55.1 Å². The third-order valence-electron chi connectivity index (χ3n) is 3.77. The SMILES string of the molecule is C=CCOc1cccc(NC(=O)CNc2ccc(C)c(NC(=O)CC)c2)c1. The van der Waals surface area contributed by atoms with Gasteiger partial charge in [-0.15, -0.1) is 0 Å². The van der Waals surface area contributed by atoms with E-state index in [9.17, 15) is 9.59 Å². The molecule has 0 aliphatic carbocycles. The van der Waals surface area contributed by atoms with Crippen LogP contribution in [0.4, 0.5) is 17.1 Å². The molecule has 0 unspecified atom stereocenters. The molecule has 6 nitrogen and oxygen atoms in total. The minimum Gasteiger partial charge on any atom is -0.489 e. The average Bonchev–Trinajstić information content (AvgIpc) is 2.67. The fourth-order valence-corrected chi connectivity index (χ4v) is 2.31. The van der Waals surface area contributed by atoms with Crippen LogP contribution in [0.2, 0.25) is 0 Å². The van der Waals surface area contributed by atoms with E-state index in [0.29, 0.717) is 24.5 Å². The van der Waals surface area contributed by atoms with Crippen LogP contribution < -0.4 is 20.7 Å². The quantitative estimate of drug-likeness (QED) is 0.586. The van der Waals surface area contributed by atoms with E-state index in [1.165, 1.54) is 0 Å². The molecule has 0 saturated heterocycles. The second-order valence-corrected chi connectivity index (χ2v) is 5.96. The summed E-state index contributed by atoms with van der Waals surface area (Å²) in [5.41, 5.74) is 3.11. The number of amides is 2. The van der Waals surface area contributed by atoms with Crippen molar-refractivity contribution in [1.29, 1.82) is 0 Å². The van der Waals surface area contributed by atoms with Gasteiger partial charge in [0.25, 0.3) is 0 Å². The molecule has 0 spiro atoms. The highest BCUT2D eigenvalue weighted by Gasteiger charge is 2.07. The molecule has 0 radical (unpaired) electrons. The van der Waals surface area contributed by atoms with Crippen molar-refractivity contribution in [3.8, 4) is 5.75 Å². The maximum Gasteiger partial charge on any atom is 0.243 e. The third-order valence-corrected chi connectivity index (χ3v) is 3.77. The Morgan fingerprint density at radius 3 is 2.63 bits per heavy atom.